The minimum absolute atomic E-state index is 0.0236. The van der Waals surface area contributed by atoms with Crippen molar-refractivity contribution in [3.8, 4) is 0 Å². The van der Waals surface area contributed by atoms with Crippen LogP contribution in [0.3, 0.4) is 0 Å². The summed E-state index contributed by atoms with van der Waals surface area (Å²) in [6.07, 6.45) is 3.50. The number of benzene rings is 2. The van der Waals surface area contributed by atoms with Gasteiger partial charge in [-0.25, -0.2) is 0 Å². The predicted octanol–water partition coefficient (Wildman–Crippen LogP) is 6.63. The summed E-state index contributed by atoms with van der Waals surface area (Å²) in [7, 11) is -2.51. The lowest BCUT2D eigenvalue weighted by Gasteiger charge is -2.42. The molecule has 2 aromatic rings. The van der Waals surface area contributed by atoms with Crippen molar-refractivity contribution in [2.45, 2.75) is 65.5 Å². The third-order valence-corrected chi connectivity index (χ3v) is 12.2. The van der Waals surface area contributed by atoms with Crippen molar-refractivity contribution in [1.82, 2.24) is 0 Å². The topological polar surface area (TPSA) is 29.5 Å². The summed E-state index contributed by atoms with van der Waals surface area (Å²) in [6.45, 7) is 13.8. The van der Waals surface area contributed by atoms with Gasteiger partial charge >= 0.3 is 0 Å². The lowest BCUT2D eigenvalue weighted by Crippen LogP contribution is -2.66. The normalized spacial score (nSPS) is 15.5. The number of rotatable bonds is 10. The van der Waals surface area contributed by atoms with Crippen LogP contribution in [0.2, 0.25) is 5.04 Å². The summed E-state index contributed by atoms with van der Waals surface area (Å²) in [5, 5.41) is 13.1. The lowest BCUT2D eigenvalue weighted by atomic mass is 9.93. The Labute approximate surface area is 210 Å². The number of aliphatic hydroxyl groups is 1. The van der Waals surface area contributed by atoms with E-state index in [1.165, 1.54) is 21.5 Å². The van der Waals surface area contributed by atoms with E-state index in [0.29, 0.717) is 6.61 Å². The van der Waals surface area contributed by atoms with Crippen molar-refractivity contribution in [3.05, 3.63) is 82.0 Å². The number of aliphatic hydroxyl groups excluding tert-OH is 1. The highest BCUT2D eigenvalue weighted by molar-refractivity contribution is 14.1. The molecule has 2 nitrogen and oxygen atoms in total. The Morgan fingerprint density at radius 3 is 1.88 bits per heavy atom. The van der Waals surface area contributed by atoms with E-state index in [2.05, 4.69) is 131 Å². The van der Waals surface area contributed by atoms with Crippen molar-refractivity contribution < 1.29 is 9.53 Å². The second kappa shape index (κ2) is 12.3. The zero-order valence-corrected chi connectivity index (χ0v) is 23.6. The molecule has 0 spiro atoms. The van der Waals surface area contributed by atoms with E-state index < -0.39 is 8.32 Å². The SMILES string of the molecule is C/C(=C\CO[Si](c1ccccc1)(c1ccccc1)C(C)(C)C)C[C@@H](C)[C@H](O)C/C(C)=C/I. The molecule has 2 atom stereocenters. The molecule has 0 aromatic heterocycles. The molecule has 0 aliphatic carbocycles. The molecule has 174 valence electrons. The fraction of sp³-hybridized carbons (Fsp3) is 0.429. The first-order valence-corrected chi connectivity index (χ1v) is 14.6. The maximum Gasteiger partial charge on any atom is 0.261 e. The molecule has 2 rings (SSSR count). The van der Waals surface area contributed by atoms with Crippen molar-refractivity contribution in [2.24, 2.45) is 5.92 Å². The second-order valence-corrected chi connectivity index (χ2v) is 14.9. The first kappa shape index (κ1) is 27.0. The largest absolute Gasteiger partial charge is 0.404 e. The molecule has 0 radical (unpaired) electrons. The highest BCUT2D eigenvalue weighted by atomic mass is 127. The predicted molar refractivity (Wildman–Crippen MR) is 150 cm³/mol. The second-order valence-electron chi connectivity index (χ2n) is 9.93. The summed E-state index contributed by atoms with van der Waals surface area (Å²) in [6, 6.07) is 21.5. The van der Waals surface area contributed by atoms with Crippen LogP contribution >= 0.6 is 22.6 Å². The van der Waals surface area contributed by atoms with E-state index >= 15 is 0 Å². The molecular formula is C28H39IO2Si. The summed E-state index contributed by atoms with van der Waals surface area (Å²) in [5.74, 6) is 0.213. The van der Waals surface area contributed by atoms with Gasteiger partial charge in [-0.05, 0) is 52.1 Å². The van der Waals surface area contributed by atoms with Gasteiger partial charge in [-0.15, -0.1) is 0 Å². The molecule has 0 unspecified atom stereocenters. The molecule has 1 N–H and O–H groups in total. The first-order chi connectivity index (χ1) is 15.1. The van der Waals surface area contributed by atoms with E-state index in [9.17, 15) is 5.11 Å². The van der Waals surface area contributed by atoms with E-state index in [1.807, 2.05) is 4.08 Å². The van der Waals surface area contributed by atoms with Crippen LogP contribution in [0.1, 0.15) is 54.4 Å². The summed E-state index contributed by atoms with van der Waals surface area (Å²) < 4.78 is 9.00. The van der Waals surface area contributed by atoms with Gasteiger partial charge in [0.05, 0.1) is 12.7 Å². The van der Waals surface area contributed by atoms with Crippen LogP contribution in [0.4, 0.5) is 0 Å². The van der Waals surface area contributed by atoms with Crippen molar-refractivity contribution in [2.75, 3.05) is 6.61 Å². The lowest BCUT2D eigenvalue weighted by molar-refractivity contribution is 0.116. The molecule has 0 fully saturated rings. The van der Waals surface area contributed by atoms with Gasteiger partial charge in [0.1, 0.15) is 0 Å². The van der Waals surface area contributed by atoms with Gasteiger partial charge in [-0.2, -0.15) is 0 Å². The van der Waals surface area contributed by atoms with Crippen molar-refractivity contribution in [3.63, 3.8) is 0 Å². The number of allylic oxidation sites excluding steroid dienone is 1. The van der Waals surface area contributed by atoms with Crippen LogP contribution in [-0.4, -0.2) is 26.1 Å². The molecular weight excluding hydrogens is 523 g/mol. The molecule has 0 heterocycles. The molecule has 32 heavy (non-hydrogen) atoms. The van der Waals surface area contributed by atoms with Gasteiger partial charge in [-0.1, -0.05) is 128 Å². The molecule has 0 saturated heterocycles. The zero-order chi connectivity index (χ0) is 23.8. The Morgan fingerprint density at radius 2 is 1.44 bits per heavy atom. The van der Waals surface area contributed by atoms with Gasteiger partial charge in [-0.3, -0.25) is 0 Å². The van der Waals surface area contributed by atoms with E-state index in [1.54, 1.807) is 0 Å². The first-order valence-electron chi connectivity index (χ1n) is 11.5. The summed E-state index contributed by atoms with van der Waals surface area (Å²) in [4.78, 5) is 0. The maximum absolute atomic E-state index is 10.5. The molecule has 0 saturated carbocycles. The number of halogens is 1. The van der Waals surface area contributed by atoms with Gasteiger partial charge in [0.25, 0.3) is 8.32 Å². The standard InChI is InChI=1S/C28H39IO2Si/c1-22(19-24(3)27(30)20-23(2)21-29)17-18-31-32(28(4,5)6,25-13-9-7-10-14-25)26-15-11-8-12-16-26/h7-17,21,24,27,30H,18-20H2,1-6H3/b22-17+,23-21+/t24-,27-/m1/s1. The number of hydrogen-bond donors (Lipinski definition) is 1. The van der Waals surface area contributed by atoms with Crippen molar-refractivity contribution >= 4 is 41.3 Å². The highest BCUT2D eigenvalue weighted by Crippen LogP contribution is 2.36. The smallest absolute Gasteiger partial charge is 0.261 e. The Morgan fingerprint density at radius 1 is 0.938 bits per heavy atom. The van der Waals surface area contributed by atoms with E-state index in [0.717, 1.165) is 12.8 Å². The third-order valence-electron chi connectivity index (χ3n) is 6.17. The van der Waals surface area contributed by atoms with Crippen LogP contribution in [0.15, 0.2) is 82.0 Å². The van der Waals surface area contributed by atoms with E-state index in [4.69, 9.17) is 4.43 Å². The Balaban J connectivity index is 2.26. The molecule has 0 aliphatic heterocycles. The Bertz CT molecular complexity index is 845. The van der Waals surface area contributed by atoms with Gasteiger partial charge in [0.15, 0.2) is 0 Å². The Kier molecular flexibility index (Phi) is 10.4. The maximum atomic E-state index is 10.5. The minimum Gasteiger partial charge on any atom is -0.404 e. The Hall–Kier alpha value is -1.21. The third kappa shape index (κ3) is 6.89. The molecule has 4 heteroatoms. The average Bonchev–Trinajstić information content (AvgIpc) is 2.76. The van der Waals surface area contributed by atoms with Crippen LogP contribution in [-0.2, 0) is 4.43 Å². The van der Waals surface area contributed by atoms with Crippen LogP contribution < -0.4 is 10.4 Å². The van der Waals surface area contributed by atoms with Gasteiger partial charge < -0.3 is 9.53 Å². The minimum atomic E-state index is -2.51. The summed E-state index contributed by atoms with van der Waals surface area (Å²) >= 11 is 2.24. The highest BCUT2D eigenvalue weighted by Gasteiger charge is 2.49. The van der Waals surface area contributed by atoms with Gasteiger partial charge in [0.2, 0.25) is 0 Å². The fourth-order valence-electron chi connectivity index (χ4n) is 4.37. The fourth-order valence-corrected chi connectivity index (χ4v) is 9.12. The molecule has 0 bridgehead atoms. The van der Waals surface area contributed by atoms with E-state index in [-0.39, 0.29) is 17.1 Å². The van der Waals surface area contributed by atoms with Crippen LogP contribution in [0.25, 0.3) is 0 Å². The zero-order valence-electron chi connectivity index (χ0n) is 20.4. The molecule has 0 aliphatic rings. The van der Waals surface area contributed by atoms with Gasteiger partial charge in [0, 0.05) is 0 Å². The molecule has 0 amide bonds. The van der Waals surface area contributed by atoms with Crippen LogP contribution in [0.5, 0.6) is 0 Å². The van der Waals surface area contributed by atoms with Crippen molar-refractivity contribution in [1.29, 1.82) is 0 Å². The monoisotopic (exact) mass is 562 g/mol. The quantitative estimate of drug-likeness (QED) is 0.200. The summed E-state index contributed by atoms with van der Waals surface area (Å²) in [5.41, 5.74) is 2.49. The average molecular weight is 563 g/mol. The van der Waals surface area contributed by atoms with Crippen LogP contribution in [0, 0.1) is 5.92 Å². The number of hydrogen-bond acceptors (Lipinski definition) is 2. The molecule has 2 aromatic carbocycles.